The Hall–Kier alpha value is -5.64. The van der Waals surface area contributed by atoms with Gasteiger partial charge in [0, 0.05) is 18.3 Å². The largest absolute Gasteiger partial charge is 0.513 e. The zero-order chi connectivity index (χ0) is 32.8. The number of esters is 2. The molecule has 1 aliphatic carbocycles. The Morgan fingerprint density at radius 3 is 1.41 bits per heavy atom. The summed E-state index contributed by atoms with van der Waals surface area (Å²) in [6.45, 7) is 4.14. The number of hydrogen-bond donors (Lipinski definition) is 1. The van der Waals surface area contributed by atoms with Crippen LogP contribution in [0.5, 0.6) is 23.0 Å². The van der Waals surface area contributed by atoms with Gasteiger partial charge in [-0.15, -0.1) is 0 Å². The molecule has 46 heavy (non-hydrogen) atoms. The highest BCUT2D eigenvalue weighted by Gasteiger charge is 2.36. The van der Waals surface area contributed by atoms with Crippen molar-refractivity contribution >= 4 is 24.2 Å². The Bertz CT molecular complexity index is 1770. The summed E-state index contributed by atoms with van der Waals surface area (Å²) in [5, 5.41) is 8.70. The van der Waals surface area contributed by atoms with Gasteiger partial charge in [0.25, 0.3) is 0 Å². The predicted octanol–water partition coefficient (Wildman–Crippen LogP) is 7.27. The van der Waals surface area contributed by atoms with Crippen LogP contribution in [-0.4, -0.2) is 36.5 Å². The maximum absolute atomic E-state index is 12.7. The number of methoxy groups -OCH3 is 1. The first kappa shape index (κ1) is 31.8. The predicted molar refractivity (Wildman–Crippen MR) is 166 cm³/mol. The molecule has 1 N–H and O–H groups in total. The van der Waals surface area contributed by atoms with Gasteiger partial charge in [-0.2, -0.15) is 0 Å². The summed E-state index contributed by atoms with van der Waals surface area (Å²) < 4.78 is 25.4. The van der Waals surface area contributed by atoms with Crippen LogP contribution in [0.15, 0.2) is 84.9 Å². The van der Waals surface area contributed by atoms with Gasteiger partial charge in [0.05, 0.1) is 7.11 Å². The van der Waals surface area contributed by atoms with Gasteiger partial charge in [0.2, 0.25) is 0 Å². The smallest absolute Gasteiger partial charge is 0.449 e. The first-order valence-electron chi connectivity index (χ1n) is 14.6. The van der Waals surface area contributed by atoms with Gasteiger partial charge in [0.15, 0.2) is 0 Å². The minimum absolute atomic E-state index is 0.143. The van der Waals surface area contributed by atoms with Crippen LogP contribution in [0.4, 0.5) is 9.59 Å². The van der Waals surface area contributed by atoms with E-state index in [1.165, 1.54) is 19.2 Å². The number of carbonyl (C=O) groups excluding carboxylic acids is 3. The first-order valence-corrected chi connectivity index (χ1v) is 14.6. The van der Waals surface area contributed by atoms with E-state index in [0.717, 1.165) is 33.4 Å². The summed E-state index contributed by atoms with van der Waals surface area (Å²) in [5.41, 5.74) is 5.31. The second-order valence-electron chi connectivity index (χ2n) is 11.2. The maximum atomic E-state index is 12.7. The molecule has 4 aromatic rings. The van der Waals surface area contributed by atoms with Crippen LogP contribution in [0.3, 0.4) is 0 Å². The number of carbonyl (C=O) groups is 4. The molecule has 0 spiro atoms. The Labute approximate surface area is 265 Å². The highest BCUT2D eigenvalue weighted by molar-refractivity contribution is 5.83. The van der Waals surface area contributed by atoms with Crippen molar-refractivity contribution in [1.29, 1.82) is 0 Å². The maximum Gasteiger partial charge on any atom is 0.513 e. The topological polar surface area (TPSA) is 135 Å². The number of aryl methyl sites for hydroxylation is 2. The van der Waals surface area contributed by atoms with Crippen molar-refractivity contribution in [2.45, 2.75) is 44.9 Å². The van der Waals surface area contributed by atoms with Gasteiger partial charge in [-0.1, -0.05) is 50.2 Å². The van der Waals surface area contributed by atoms with Crippen LogP contribution in [0.25, 0.3) is 11.1 Å². The lowest BCUT2D eigenvalue weighted by molar-refractivity contribution is -0.135. The molecule has 0 heterocycles. The lowest BCUT2D eigenvalue weighted by atomic mass is 9.82. The van der Waals surface area contributed by atoms with Crippen LogP contribution in [-0.2, 0) is 32.6 Å². The molecule has 236 valence electrons. The van der Waals surface area contributed by atoms with Crippen molar-refractivity contribution in [2.24, 2.45) is 0 Å². The molecule has 0 atom stereocenters. The van der Waals surface area contributed by atoms with Crippen LogP contribution in [0, 0.1) is 0 Å². The molecule has 10 heteroatoms. The lowest BCUT2D eigenvalue weighted by Crippen LogP contribution is -2.16. The van der Waals surface area contributed by atoms with E-state index in [1.807, 2.05) is 24.3 Å². The Morgan fingerprint density at radius 1 is 0.587 bits per heavy atom. The van der Waals surface area contributed by atoms with Gasteiger partial charge >= 0.3 is 24.2 Å². The van der Waals surface area contributed by atoms with Crippen molar-refractivity contribution in [3.63, 3.8) is 0 Å². The van der Waals surface area contributed by atoms with E-state index in [-0.39, 0.29) is 24.6 Å². The molecular formula is C36H32O10. The SMILES string of the molecule is COC(=O)Oc1ccc(CCC(=O)Oc2ccc3c(c2)C(C)(C)c2cc(OC(=O)CCc4ccc(OC(=O)O)cc4)ccc2-3)cc1. The number of rotatable bonds is 10. The summed E-state index contributed by atoms with van der Waals surface area (Å²) >= 11 is 0. The van der Waals surface area contributed by atoms with E-state index in [4.69, 9.17) is 19.3 Å². The van der Waals surface area contributed by atoms with Gasteiger partial charge in [0.1, 0.15) is 23.0 Å². The molecular weight excluding hydrogens is 592 g/mol. The third kappa shape index (κ3) is 7.52. The summed E-state index contributed by atoms with van der Waals surface area (Å²) in [6, 6.07) is 24.4. The molecule has 10 nitrogen and oxygen atoms in total. The number of carboxylic acid groups (broad SMARTS) is 1. The Kier molecular flexibility index (Phi) is 9.37. The van der Waals surface area contributed by atoms with Crippen molar-refractivity contribution in [1.82, 2.24) is 0 Å². The fraction of sp³-hybridized carbons (Fsp3) is 0.222. The standard InChI is InChI=1S/C36H32O10/c1-36(2)30-20-26(43-32(37)18-8-22-4-10-24(11-5-22)45-34(39)40)14-16-28(30)29-17-15-27(21-31(29)36)44-33(38)19-9-23-6-12-25(13-7-23)46-35(41)42-3/h4-7,10-17,20-21H,8-9,18-19H2,1-3H3,(H,39,40). The summed E-state index contributed by atoms with van der Waals surface area (Å²) in [6.07, 6.45) is -1.00. The van der Waals surface area contributed by atoms with Gasteiger partial charge in [-0.05, 0) is 94.8 Å². The summed E-state index contributed by atoms with van der Waals surface area (Å²) in [4.78, 5) is 47.2. The van der Waals surface area contributed by atoms with E-state index in [9.17, 15) is 19.2 Å². The summed E-state index contributed by atoms with van der Waals surface area (Å²) in [5.74, 6) is 0.673. The molecule has 0 unspecified atom stereocenters. The summed E-state index contributed by atoms with van der Waals surface area (Å²) in [7, 11) is 1.23. The van der Waals surface area contributed by atoms with Gasteiger partial charge in [-0.3, -0.25) is 9.59 Å². The number of hydrogen-bond acceptors (Lipinski definition) is 9. The second kappa shape index (κ2) is 13.6. The Balaban J connectivity index is 1.17. The van der Waals surface area contributed by atoms with E-state index in [1.54, 1.807) is 48.5 Å². The van der Waals surface area contributed by atoms with E-state index >= 15 is 0 Å². The number of benzene rings is 4. The second-order valence-corrected chi connectivity index (χ2v) is 11.2. The van der Waals surface area contributed by atoms with Crippen LogP contribution < -0.4 is 18.9 Å². The average Bonchev–Trinajstić information content (AvgIpc) is 3.25. The van der Waals surface area contributed by atoms with Crippen molar-refractivity contribution in [2.75, 3.05) is 7.11 Å². The third-order valence-electron chi connectivity index (χ3n) is 7.74. The van der Waals surface area contributed by atoms with Crippen molar-refractivity contribution in [3.8, 4) is 34.1 Å². The molecule has 0 fully saturated rings. The lowest BCUT2D eigenvalue weighted by Gasteiger charge is -2.22. The minimum atomic E-state index is -1.39. The van der Waals surface area contributed by atoms with Crippen LogP contribution in [0.2, 0.25) is 0 Å². The van der Waals surface area contributed by atoms with Gasteiger partial charge < -0.3 is 28.8 Å². The number of ether oxygens (including phenoxy) is 5. The van der Waals surface area contributed by atoms with Gasteiger partial charge in [-0.25, -0.2) is 9.59 Å². The van der Waals surface area contributed by atoms with Crippen molar-refractivity contribution < 1.29 is 48.0 Å². The third-order valence-corrected chi connectivity index (χ3v) is 7.74. The molecule has 0 saturated carbocycles. The highest BCUT2D eigenvalue weighted by Crippen LogP contribution is 2.50. The molecule has 0 amide bonds. The number of fused-ring (bicyclic) bond motifs is 3. The fourth-order valence-electron chi connectivity index (χ4n) is 5.37. The molecule has 5 rings (SSSR count). The van der Waals surface area contributed by atoms with E-state index in [0.29, 0.717) is 30.1 Å². The highest BCUT2D eigenvalue weighted by atomic mass is 16.7. The molecule has 1 aliphatic rings. The molecule has 4 aromatic carbocycles. The van der Waals surface area contributed by atoms with Crippen molar-refractivity contribution in [3.05, 3.63) is 107 Å². The quantitative estimate of drug-likeness (QED) is 0.109. The van der Waals surface area contributed by atoms with Crippen LogP contribution >= 0.6 is 0 Å². The first-order chi connectivity index (χ1) is 22.0. The van der Waals surface area contributed by atoms with E-state index < -0.39 is 23.7 Å². The molecule has 0 aliphatic heterocycles. The van der Waals surface area contributed by atoms with E-state index in [2.05, 4.69) is 23.3 Å². The van der Waals surface area contributed by atoms with Crippen LogP contribution in [0.1, 0.15) is 48.9 Å². The monoisotopic (exact) mass is 624 g/mol. The zero-order valence-corrected chi connectivity index (χ0v) is 25.5. The average molecular weight is 625 g/mol. The normalized spacial score (nSPS) is 12.3. The minimum Gasteiger partial charge on any atom is -0.449 e. The molecule has 0 radical (unpaired) electrons. The zero-order valence-electron chi connectivity index (χ0n) is 25.5. The molecule has 0 saturated heterocycles. The molecule has 0 bridgehead atoms. The fourth-order valence-corrected chi connectivity index (χ4v) is 5.37. The Morgan fingerprint density at radius 2 is 1.00 bits per heavy atom. The molecule has 0 aromatic heterocycles.